The summed E-state index contributed by atoms with van der Waals surface area (Å²) in [6, 6.07) is 10.1. The molecule has 0 saturated carbocycles. The van der Waals surface area contributed by atoms with Crippen molar-refractivity contribution in [2.24, 2.45) is 0 Å². The Bertz CT molecular complexity index is 1590. The van der Waals surface area contributed by atoms with Crippen molar-refractivity contribution in [3.8, 4) is 11.5 Å². The van der Waals surface area contributed by atoms with E-state index in [1.54, 1.807) is 34.9 Å². The Kier molecular flexibility index (Phi) is 4.59. The largest absolute Gasteiger partial charge is 0.363 e. The highest BCUT2D eigenvalue weighted by molar-refractivity contribution is 5.84. The van der Waals surface area contributed by atoms with Crippen LogP contribution in [0.25, 0.3) is 28.1 Å². The molecule has 1 fully saturated rings. The number of ether oxygens (including phenoxy) is 1. The summed E-state index contributed by atoms with van der Waals surface area (Å²) in [7, 11) is 0. The average Bonchev–Trinajstić information content (AvgIpc) is 3.55. The summed E-state index contributed by atoms with van der Waals surface area (Å²) in [6.07, 6.45) is 4.44. The van der Waals surface area contributed by atoms with E-state index in [0.29, 0.717) is 17.1 Å². The Morgan fingerprint density at radius 1 is 1.15 bits per heavy atom. The Morgan fingerprint density at radius 3 is 2.79 bits per heavy atom. The van der Waals surface area contributed by atoms with Crippen molar-refractivity contribution >= 4 is 16.6 Å². The maximum Gasteiger partial charge on any atom is 0.278 e. The second-order valence-electron chi connectivity index (χ2n) is 8.99. The number of para-hydroxylation sites is 1. The number of rotatable bonds is 4. The summed E-state index contributed by atoms with van der Waals surface area (Å²) >= 11 is 0. The van der Waals surface area contributed by atoms with Crippen LogP contribution >= 0.6 is 0 Å². The summed E-state index contributed by atoms with van der Waals surface area (Å²) in [5, 5.41) is 4.08. The van der Waals surface area contributed by atoms with Crippen molar-refractivity contribution in [1.82, 2.24) is 29.1 Å². The first kappa shape index (κ1) is 20.7. The first-order chi connectivity index (χ1) is 16.4. The zero-order valence-corrected chi connectivity index (χ0v) is 18.6. The van der Waals surface area contributed by atoms with Gasteiger partial charge in [-0.3, -0.25) is 18.7 Å². The summed E-state index contributed by atoms with van der Waals surface area (Å²) in [6.45, 7) is 4.13. The number of hydrogen-bond donors (Lipinski definition) is 0. The average molecular weight is 460 g/mol. The van der Waals surface area contributed by atoms with Crippen LogP contribution in [0.3, 0.4) is 0 Å². The van der Waals surface area contributed by atoms with E-state index in [1.165, 1.54) is 17.0 Å². The van der Waals surface area contributed by atoms with Crippen molar-refractivity contribution < 1.29 is 13.7 Å². The summed E-state index contributed by atoms with van der Waals surface area (Å²) in [5.74, 6) is 0.0240. The SMILES string of the molecule is CC1(C)CCC(c2nc(-c3ncn4c3c(=O)n(Cc3ccccn3)c3c(F)cccc34)no2)O1. The molecule has 0 aliphatic carbocycles. The van der Waals surface area contributed by atoms with Gasteiger partial charge in [-0.2, -0.15) is 4.98 Å². The lowest BCUT2D eigenvalue weighted by molar-refractivity contribution is -0.0292. The summed E-state index contributed by atoms with van der Waals surface area (Å²) < 4.78 is 29.4. The monoisotopic (exact) mass is 460 g/mol. The lowest BCUT2D eigenvalue weighted by atomic mass is 10.1. The van der Waals surface area contributed by atoms with E-state index in [9.17, 15) is 9.18 Å². The molecule has 10 heteroatoms. The van der Waals surface area contributed by atoms with Crippen LogP contribution in [0.5, 0.6) is 0 Å². The van der Waals surface area contributed by atoms with E-state index in [0.717, 1.165) is 12.8 Å². The zero-order chi connectivity index (χ0) is 23.4. The summed E-state index contributed by atoms with van der Waals surface area (Å²) in [5.41, 5.74) is 1.09. The third-order valence-corrected chi connectivity index (χ3v) is 6.16. The van der Waals surface area contributed by atoms with Gasteiger partial charge in [-0.25, -0.2) is 9.37 Å². The molecule has 9 nitrogen and oxygen atoms in total. The van der Waals surface area contributed by atoms with Crippen LogP contribution in [0.2, 0.25) is 0 Å². The minimum absolute atomic E-state index is 0.0979. The van der Waals surface area contributed by atoms with Gasteiger partial charge in [0.2, 0.25) is 5.82 Å². The van der Waals surface area contributed by atoms with Crippen LogP contribution < -0.4 is 5.56 Å². The standard InChI is InChI=1S/C24H21FN6O3/c1-24(2)10-9-17(33-24)22-28-21(29-34-22)18-20-23(32)30(12-14-6-3-4-11-26-14)19-15(25)7-5-8-16(19)31(20)13-27-18/h3-8,11,13,17H,9-10,12H2,1-2H3. The molecule has 1 aliphatic heterocycles. The number of halogens is 1. The van der Waals surface area contributed by atoms with Gasteiger partial charge in [-0.05, 0) is 51.0 Å². The fourth-order valence-electron chi connectivity index (χ4n) is 4.52. The topological polar surface area (TPSA) is 100 Å². The molecule has 34 heavy (non-hydrogen) atoms. The molecule has 1 atom stereocenters. The fraction of sp³-hybridized carbons (Fsp3) is 0.292. The van der Waals surface area contributed by atoms with E-state index >= 15 is 0 Å². The number of benzene rings is 1. The summed E-state index contributed by atoms with van der Waals surface area (Å²) in [4.78, 5) is 26.9. The van der Waals surface area contributed by atoms with Gasteiger partial charge in [0.1, 0.15) is 35.0 Å². The number of imidazole rings is 1. The second kappa shape index (κ2) is 7.56. The number of aromatic nitrogens is 6. The molecule has 6 rings (SSSR count). The predicted octanol–water partition coefficient (Wildman–Crippen LogP) is 3.91. The Hall–Kier alpha value is -3.92. The third-order valence-electron chi connectivity index (χ3n) is 6.16. The predicted molar refractivity (Wildman–Crippen MR) is 121 cm³/mol. The Labute approximate surface area is 192 Å². The van der Waals surface area contributed by atoms with Crippen LogP contribution in [0.1, 0.15) is 44.4 Å². The van der Waals surface area contributed by atoms with Crippen LogP contribution in [0, 0.1) is 5.82 Å². The maximum atomic E-state index is 15.0. The first-order valence-electron chi connectivity index (χ1n) is 11.0. The Morgan fingerprint density at radius 2 is 2.03 bits per heavy atom. The van der Waals surface area contributed by atoms with E-state index < -0.39 is 11.4 Å². The van der Waals surface area contributed by atoms with Crippen LogP contribution in [0.4, 0.5) is 4.39 Å². The highest BCUT2D eigenvalue weighted by Gasteiger charge is 2.36. The molecule has 0 radical (unpaired) electrons. The van der Waals surface area contributed by atoms with E-state index in [4.69, 9.17) is 9.26 Å². The molecule has 5 heterocycles. The van der Waals surface area contributed by atoms with Crippen molar-refractivity contribution in [3.63, 3.8) is 0 Å². The number of fused-ring (bicyclic) bond motifs is 3. The lowest BCUT2D eigenvalue weighted by Gasteiger charge is -2.17. The first-order valence-corrected chi connectivity index (χ1v) is 11.0. The Balaban J connectivity index is 1.53. The van der Waals surface area contributed by atoms with Crippen molar-refractivity contribution in [2.45, 2.75) is 44.9 Å². The van der Waals surface area contributed by atoms with Gasteiger partial charge in [0.25, 0.3) is 11.4 Å². The fourth-order valence-corrected chi connectivity index (χ4v) is 4.52. The molecule has 0 N–H and O–H groups in total. The molecular weight excluding hydrogens is 439 g/mol. The molecule has 0 spiro atoms. The molecule has 5 aromatic rings. The molecule has 1 aromatic carbocycles. The van der Waals surface area contributed by atoms with Gasteiger partial charge in [0.05, 0.1) is 23.4 Å². The molecular formula is C24H21FN6O3. The molecule has 0 amide bonds. The van der Waals surface area contributed by atoms with Crippen LogP contribution in [-0.4, -0.2) is 34.7 Å². The quantitative estimate of drug-likeness (QED) is 0.401. The zero-order valence-electron chi connectivity index (χ0n) is 18.6. The number of hydrogen-bond acceptors (Lipinski definition) is 7. The third kappa shape index (κ3) is 3.29. The highest BCUT2D eigenvalue weighted by atomic mass is 19.1. The lowest BCUT2D eigenvalue weighted by Crippen LogP contribution is -2.24. The smallest absolute Gasteiger partial charge is 0.278 e. The van der Waals surface area contributed by atoms with Gasteiger partial charge in [0.15, 0.2) is 0 Å². The highest BCUT2D eigenvalue weighted by Crippen LogP contribution is 2.38. The van der Waals surface area contributed by atoms with Crippen molar-refractivity contribution in [3.05, 3.63) is 76.7 Å². The molecule has 1 aliphatic rings. The van der Waals surface area contributed by atoms with Crippen LogP contribution in [0.15, 0.2) is 58.2 Å². The van der Waals surface area contributed by atoms with E-state index in [-0.39, 0.29) is 40.8 Å². The second-order valence-corrected chi connectivity index (χ2v) is 8.99. The minimum Gasteiger partial charge on any atom is -0.363 e. The van der Waals surface area contributed by atoms with Gasteiger partial charge in [-0.1, -0.05) is 17.3 Å². The van der Waals surface area contributed by atoms with Crippen LogP contribution in [-0.2, 0) is 11.3 Å². The maximum absolute atomic E-state index is 15.0. The van der Waals surface area contributed by atoms with Gasteiger partial charge in [-0.15, -0.1) is 0 Å². The molecule has 4 aromatic heterocycles. The molecule has 1 unspecified atom stereocenters. The van der Waals surface area contributed by atoms with E-state index in [2.05, 4.69) is 20.1 Å². The van der Waals surface area contributed by atoms with Gasteiger partial charge >= 0.3 is 0 Å². The van der Waals surface area contributed by atoms with Crippen molar-refractivity contribution in [1.29, 1.82) is 0 Å². The van der Waals surface area contributed by atoms with E-state index in [1.807, 2.05) is 19.9 Å². The molecule has 0 bridgehead atoms. The molecule has 172 valence electrons. The normalized spacial score (nSPS) is 17.7. The van der Waals surface area contributed by atoms with Crippen molar-refractivity contribution in [2.75, 3.05) is 0 Å². The number of pyridine rings is 1. The molecule has 1 saturated heterocycles. The number of nitrogens with zero attached hydrogens (tertiary/aromatic N) is 6. The minimum atomic E-state index is -0.509. The van der Waals surface area contributed by atoms with Gasteiger partial charge < -0.3 is 9.26 Å². The van der Waals surface area contributed by atoms with Gasteiger partial charge in [0, 0.05) is 6.20 Å².